The molecule has 0 radical (unpaired) electrons. The minimum atomic E-state index is 0.515. The molecule has 2 N–H and O–H groups in total. The van der Waals surface area contributed by atoms with Crippen LogP contribution in [0, 0.1) is 34.6 Å². The smallest absolute Gasteiger partial charge is 0.229 e. The summed E-state index contributed by atoms with van der Waals surface area (Å²) in [4.78, 5) is 9.02. The first kappa shape index (κ1) is 18.2. The van der Waals surface area contributed by atoms with E-state index in [-0.39, 0.29) is 0 Å². The van der Waals surface area contributed by atoms with Gasteiger partial charge in [-0.1, -0.05) is 23.7 Å². The highest BCUT2D eigenvalue weighted by molar-refractivity contribution is 6.33. The molecule has 0 unspecified atom stereocenters. The Kier molecular flexibility index (Phi) is 5.14. The third kappa shape index (κ3) is 3.97. The summed E-state index contributed by atoms with van der Waals surface area (Å²) in [5.41, 5.74) is 7.55. The summed E-state index contributed by atoms with van der Waals surface area (Å²) in [5.74, 6) is 1.11. The average molecular weight is 367 g/mol. The Morgan fingerprint density at radius 1 is 0.692 bits per heavy atom. The van der Waals surface area contributed by atoms with E-state index in [1.165, 1.54) is 22.3 Å². The van der Waals surface area contributed by atoms with Crippen LogP contribution >= 0.6 is 11.6 Å². The van der Waals surface area contributed by atoms with Crippen molar-refractivity contribution in [2.24, 2.45) is 0 Å². The summed E-state index contributed by atoms with van der Waals surface area (Å²) in [6.45, 7) is 10.2. The molecular weight excluding hydrogens is 344 g/mol. The van der Waals surface area contributed by atoms with Crippen molar-refractivity contribution in [2.45, 2.75) is 34.6 Å². The Morgan fingerprint density at radius 3 is 1.77 bits per heavy atom. The van der Waals surface area contributed by atoms with Crippen LogP contribution in [0.4, 0.5) is 23.1 Å². The van der Waals surface area contributed by atoms with Gasteiger partial charge in [-0.2, -0.15) is 4.98 Å². The summed E-state index contributed by atoms with van der Waals surface area (Å²) in [6, 6.07) is 12.4. The van der Waals surface area contributed by atoms with E-state index in [0.717, 1.165) is 17.1 Å². The minimum absolute atomic E-state index is 0.515. The lowest BCUT2D eigenvalue weighted by molar-refractivity contribution is 1.11. The maximum Gasteiger partial charge on any atom is 0.229 e. The molecular formula is C21H23ClN4. The molecule has 0 saturated carbocycles. The van der Waals surface area contributed by atoms with Gasteiger partial charge < -0.3 is 10.6 Å². The van der Waals surface area contributed by atoms with Gasteiger partial charge in [-0.15, -0.1) is 0 Å². The van der Waals surface area contributed by atoms with Crippen LogP contribution in [0.5, 0.6) is 0 Å². The third-order valence-electron chi connectivity index (χ3n) is 4.55. The quantitative estimate of drug-likeness (QED) is 0.580. The summed E-state index contributed by atoms with van der Waals surface area (Å²) >= 11 is 6.42. The number of nitrogens with zero attached hydrogens (tertiary/aromatic N) is 2. The van der Waals surface area contributed by atoms with Crippen molar-refractivity contribution in [3.05, 3.63) is 69.4 Å². The lowest BCUT2D eigenvalue weighted by Gasteiger charge is -2.13. The molecule has 0 bridgehead atoms. The summed E-state index contributed by atoms with van der Waals surface area (Å²) < 4.78 is 0. The highest BCUT2D eigenvalue weighted by Crippen LogP contribution is 2.29. The number of aryl methyl sites for hydroxylation is 5. The van der Waals surface area contributed by atoms with Crippen LogP contribution in [-0.4, -0.2) is 9.97 Å². The maximum atomic E-state index is 6.42. The number of halogens is 1. The molecule has 0 spiro atoms. The van der Waals surface area contributed by atoms with Crippen molar-refractivity contribution in [1.82, 2.24) is 9.97 Å². The predicted octanol–water partition coefficient (Wildman–Crippen LogP) is 6.16. The molecule has 26 heavy (non-hydrogen) atoms. The van der Waals surface area contributed by atoms with E-state index >= 15 is 0 Å². The second-order valence-corrected chi connectivity index (χ2v) is 7.02. The van der Waals surface area contributed by atoms with Gasteiger partial charge in [-0.05, 0) is 81.1 Å². The molecule has 5 heteroatoms. The second kappa shape index (κ2) is 7.34. The van der Waals surface area contributed by atoms with Crippen LogP contribution in [0.25, 0.3) is 0 Å². The van der Waals surface area contributed by atoms with E-state index in [4.69, 9.17) is 11.6 Å². The fourth-order valence-electron chi connectivity index (χ4n) is 2.60. The van der Waals surface area contributed by atoms with Crippen LogP contribution < -0.4 is 10.6 Å². The van der Waals surface area contributed by atoms with E-state index in [1.807, 2.05) is 19.1 Å². The molecule has 1 heterocycles. The molecule has 0 aliphatic rings. The zero-order chi connectivity index (χ0) is 18.8. The molecule has 2 aromatic carbocycles. The van der Waals surface area contributed by atoms with Gasteiger partial charge in [0.05, 0.1) is 5.69 Å². The van der Waals surface area contributed by atoms with E-state index in [0.29, 0.717) is 16.8 Å². The lowest BCUT2D eigenvalue weighted by atomic mass is 10.1. The summed E-state index contributed by atoms with van der Waals surface area (Å²) in [6.07, 6.45) is 0. The molecule has 3 rings (SSSR count). The van der Waals surface area contributed by atoms with Crippen molar-refractivity contribution in [3.8, 4) is 0 Å². The molecule has 0 atom stereocenters. The van der Waals surface area contributed by atoms with Crippen molar-refractivity contribution in [2.75, 3.05) is 10.6 Å². The molecule has 0 aliphatic carbocycles. The Morgan fingerprint density at radius 2 is 1.23 bits per heavy atom. The van der Waals surface area contributed by atoms with Crippen molar-refractivity contribution in [3.63, 3.8) is 0 Å². The van der Waals surface area contributed by atoms with Gasteiger partial charge in [0.15, 0.2) is 5.82 Å². The van der Waals surface area contributed by atoms with Gasteiger partial charge in [-0.3, -0.25) is 0 Å². The monoisotopic (exact) mass is 366 g/mol. The van der Waals surface area contributed by atoms with Gasteiger partial charge in [0.2, 0.25) is 5.95 Å². The van der Waals surface area contributed by atoms with E-state index < -0.39 is 0 Å². The van der Waals surface area contributed by atoms with Crippen LogP contribution in [0.2, 0.25) is 5.02 Å². The standard InChI is InChI=1S/C21H23ClN4/c1-12-6-8-17(10-14(12)3)24-20-19(22)16(5)23-21(26-20)25-18-9-7-13(2)15(4)11-18/h6-11H,1-5H3,(H2,23,24,25,26). The Hall–Kier alpha value is -2.59. The van der Waals surface area contributed by atoms with E-state index in [2.05, 4.69) is 72.6 Å². The van der Waals surface area contributed by atoms with Crippen LogP contribution in [0.3, 0.4) is 0 Å². The zero-order valence-electron chi connectivity index (χ0n) is 15.7. The summed E-state index contributed by atoms with van der Waals surface area (Å²) in [7, 11) is 0. The van der Waals surface area contributed by atoms with Gasteiger partial charge in [0, 0.05) is 11.4 Å². The van der Waals surface area contributed by atoms with Crippen LogP contribution in [-0.2, 0) is 0 Å². The predicted molar refractivity (Wildman–Crippen MR) is 110 cm³/mol. The Labute approximate surface area is 159 Å². The second-order valence-electron chi connectivity index (χ2n) is 6.64. The molecule has 0 saturated heterocycles. The molecule has 0 fully saturated rings. The topological polar surface area (TPSA) is 49.8 Å². The largest absolute Gasteiger partial charge is 0.339 e. The number of aromatic nitrogens is 2. The first-order valence-corrected chi connectivity index (χ1v) is 8.94. The highest BCUT2D eigenvalue weighted by Gasteiger charge is 2.11. The minimum Gasteiger partial charge on any atom is -0.339 e. The number of anilines is 4. The van der Waals surface area contributed by atoms with Crippen molar-refractivity contribution < 1.29 is 0 Å². The van der Waals surface area contributed by atoms with Crippen molar-refractivity contribution in [1.29, 1.82) is 0 Å². The Bertz CT molecular complexity index is 966. The third-order valence-corrected chi connectivity index (χ3v) is 5.00. The molecule has 3 aromatic rings. The lowest BCUT2D eigenvalue weighted by Crippen LogP contribution is -2.04. The normalized spacial score (nSPS) is 10.7. The number of hydrogen-bond acceptors (Lipinski definition) is 4. The number of rotatable bonds is 4. The SMILES string of the molecule is Cc1ccc(Nc2nc(C)c(Cl)c(Nc3ccc(C)c(C)c3)n2)cc1C. The van der Waals surface area contributed by atoms with Gasteiger partial charge in [-0.25, -0.2) is 4.98 Å². The number of nitrogens with one attached hydrogen (secondary N) is 2. The molecule has 0 aliphatic heterocycles. The van der Waals surface area contributed by atoms with E-state index in [9.17, 15) is 0 Å². The first-order valence-electron chi connectivity index (χ1n) is 8.56. The summed E-state index contributed by atoms with van der Waals surface area (Å²) in [5, 5.41) is 7.09. The number of hydrogen-bond donors (Lipinski definition) is 2. The fraction of sp³-hybridized carbons (Fsp3) is 0.238. The fourth-order valence-corrected chi connectivity index (χ4v) is 2.73. The van der Waals surface area contributed by atoms with Gasteiger partial charge >= 0.3 is 0 Å². The molecule has 1 aromatic heterocycles. The van der Waals surface area contributed by atoms with E-state index in [1.54, 1.807) is 0 Å². The molecule has 0 amide bonds. The first-order chi connectivity index (χ1) is 12.3. The molecule has 4 nitrogen and oxygen atoms in total. The number of benzene rings is 2. The molecule has 134 valence electrons. The Balaban J connectivity index is 1.91. The zero-order valence-corrected chi connectivity index (χ0v) is 16.5. The average Bonchev–Trinajstić information content (AvgIpc) is 2.59. The van der Waals surface area contributed by atoms with Gasteiger partial charge in [0.25, 0.3) is 0 Å². The maximum absolute atomic E-state index is 6.42. The highest BCUT2D eigenvalue weighted by atomic mass is 35.5. The van der Waals surface area contributed by atoms with Crippen molar-refractivity contribution >= 4 is 34.7 Å². The van der Waals surface area contributed by atoms with Crippen LogP contribution in [0.15, 0.2) is 36.4 Å². The van der Waals surface area contributed by atoms with Crippen LogP contribution in [0.1, 0.15) is 27.9 Å². The van der Waals surface area contributed by atoms with Gasteiger partial charge in [0.1, 0.15) is 5.02 Å².